The molecule has 3 N–H and O–H groups in total. The van der Waals surface area contributed by atoms with Crippen LogP contribution < -0.4 is 10.0 Å². The SMILES string of the molecule is CC(C)(C)c1ccc(S(=O)(=O)NC(CO)C(=O)NCc2cccc(I)c2)cc1. The second kappa shape index (κ2) is 9.34. The van der Waals surface area contributed by atoms with Gasteiger partial charge in [0.2, 0.25) is 15.9 Å². The first-order valence-corrected chi connectivity index (χ1v) is 11.3. The van der Waals surface area contributed by atoms with Gasteiger partial charge in [-0.15, -0.1) is 0 Å². The molecule has 152 valence electrons. The van der Waals surface area contributed by atoms with Crippen molar-refractivity contribution >= 4 is 38.5 Å². The van der Waals surface area contributed by atoms with Crippen molar-refractivity contribution in [2.24, 2.45) is 0 Å². The summed E-state index contributed by atoms with van der Waals surface area (Å²) in [7, 11) is -3.94. The number of carbonyl (C=O) groups excluding carboxylic acids is 1. The number of aliphatic hydroxyl groups excluding tert-OH is 1. The molecule has 2 aromatic carbocycles. The highest BCUT2D eigenvalue weighted by Gasteiger charge is 2.25. The highest BCUT2D eigenvalue weighted by molar-refractivity contribution is 14.1. The van der Waals surface area contributed by atoms with Crippen molar-refractivity contribution in [2.45, 2.75) is 43.7 Å². The molecule has 0 saturated carbocycles. The van der Waals surface area contributed by atoms with E-state index >= 15 is 0 Å². The maximum Gasteiger partial charge on any atom is 0.241 e. The number of carbonyl (C=O) groups is 1. The minimum atomic E-state index is -3.94. The molecular formula is C20H25IN2O4S. The van der Waals surface area contributed by atoms with Crippen LogP contribution in [0.5, 0.6) is 0 Å². The molecule has 0 aromatic heterocycles. The number of sulfonamides is 1. The molecular weight excluding hydrogens is 491 g/mol. The van der Waals surface area contributed by atoms with Crippen LogP contribution in [-0.2, 0) is 26.8 Å². The summed E-state index contributed by atoms with van der Waals surface area (Å²) in [6, 6.07) is 12.8. The average Bonchev–Trinajstić information content (AvgIpc) is 2.63. The fraction of sp³-hybridized carbons (Fsp3) is 0.350. The molecule has 0 bridgehead atoms. The number of rotatable bonds is 7. The summed E-state index contributed by atoms with van der Waals surface area (Å²) in [6.45, 7) is 5.71. The van der Waals surface area contributed by atoms with E-state index in [-0.39, 0.29) is 16.9 Å². The van der Waals surface area contributed by atoms with Crippen LogP contribution in [0, 0.1) is 3.57 Å². The van der Waals surface area contributed by atoms with Gasteiger partial charge in [-0.3, -0.25) is 4.79 Å². The summed E-state index contributed by atoms with van der Waals surface area (Å²) in [5, 5.41) is 12.2. The van der Waals surface area contributed by atoms with Gasteiger partial charge in [0.15, 0.2) is 0 Å². The Labute approximate surface area is 179 Å². The molecule has 0 radical (unpaired) electrons. The van der Waals surface area contributed by atoms with Crippen molar-refractivity contribution in [3.63, 3.8) is 0 Å². The summed E-state index contributed by atoms with van der Waals surface area (Å²) >= 11 is 2.17. The second-order valence-corrected chi connectivity index (χ2v) is 10.4. The van der Waals surface area contributed by atoms with Crippen molar-refractivity contribution in [3.8, 4) is 0 Å². The molecule has 6 nitrogen and oxygen atoms in total. The molecule has 1 unspecified atom stereocenters. The van der Waals surface area contributed by atoms with Gasteiger partial charge >= 0.3 is 0 Å². The lowest BCUT2D eigenvalue weighted by Crippen LogP contribution is -2.48. The molecule has 2 aromatic rings. The van der Waals surface area contributed by atoms with Gasteiger partial charge in [0.05, 0.1) is 11.5 Å². The smallest absolute Gasteiger partial charge is 0.241 e. The second-order valence-electron chi connectivity index (χ2n) is 7.48. The quantitative estimate of drug-likeness (QED) is 0.493. The van der Waals surface area contributed by atoms with Crippen LogP contribution in [0.15, 0.2) is 53.4 Å². The van der Waals surface area contributed by atoms with Crippen LogP contribution in [0.25, 0.3) is 0 Å². The first kappa shape index (κ1) is 22.8. The molecule has 0 aliphatic rings. The van der Waals surface area contributed by atoms with Gasteiger partial charge in [-0.2, -0.15) is 4.72 Å². The van der Waals surface area contributed by atoms with Crippen LogP contribution in [0.2, 0.25) is 0 Å². The van der Waals surface area contributed by atoms with Gasteiger partial charge in [0.1, 0.15) is 6.04 Å². The Morgan fingerprint density at radius 2 is 1.79 bits per heavy atom. The van der Waals surface area contributed by atoms with Gasteiger partial charge in [0.25, 0.3) is 0 Å². The molecule has 0 aliphatic carbocycles. The predicted molar refractivity (Wildman–Crippen MR) is 117 cm³/mol. The van der Waals surface area contributed by atoms with Crippen LogP contribution in [-0.4, -0.2) is 32.1 Å². The Morgan fingerprint density at radius 1 is 1.14 bits per heavy atom. The zero-order chi connectivity index (χ0) is 20.9. The number of hydrogen-bond acceptors (Lipinski definition) is 4. The van der Waals surface area contributed by atoms with Gasteiger partial charge in [0, 0.05) is 10.1 Å². The van der Waals surface area contributed by atoms with Gasteiger partial charge < -0.3 is 10.4 Å². The Balaban J connectivity index is 2.06. The maximum atomic E-state index is 12.6. The van der Waals surface area contributed by atoms with Gasteiger partial charge in [-0.25, -0.2) is 8.42 Å². The maximum absolute atomic E-state index is 12.6. The van der Waals surface area contributed by atoms with E-state index in [4.69, 9.17) is 0 Å². The summed E-state index contributed by atoms with van der Waals surface area (Å²) in [6.07, 6.45) is 0. The zero-order valence-electron chi connectivity index (χ0n) is 16.1. The summed E-state index contributed by atoms with van der Waals surface area (Å²) in [5.74, 6) is -0.587. The number of hydrogen-bond donors (Lipinski definition) is 3. The van der Waals surface area contributed by atoms with Crippen LogP contribution >= 0.6 is 22.6 Å². The number of aliphatic hydroxyl groups is 1. The first-order chi connectivity index (χ1) is 13.0. The Bertz CT molecular complexity index is 922. The number of benzene rings is 2. The summed E-state index contributed by atoms with van der Waals surface area (Å²) < 4.78 is 28.5. The number of nitrogens with one attached hydrogen (secondary N) is 2. The molecule has 0 fully saturated rings. The lowest BCUT2D eigenvalue weighted by molar-refractivity contribution is -0.123. The van der Waals surface area contributed by atoms with E-state index in [2.05, 4.69) is 32.6 Å². The lowest BCUT2D eigenvalue weighted by atomic mass is 9.87. The summed E-state index contributed by atoms with van der Waals surface area (Å²) in [4.78, 5) is 12.4. The molecule has 28 heavy (non-hydrogen) atoms. The molecule has 0 heterocycles. The van der Waals surface area contributed by atoms with Crippen LogP contribution in [0.3, 0.4) is 0 Å². The number of halogens is 1. The van der Waals surface area contributed by atoms with E-state index in [0.717, 1.165) is 14.7 Å². The third kappa shape index (κ3) is 6.26. The fourth-order valence-corrected chi connectivity index (χ4v) is 4.32. The largest absolute Gasteiger partial charge is 0.394 e. The molecule has 0 spiro atoms. The van der Waals surface area contributed by atoms with Crippen molar-refractivity contribution in [3.05, 3.63) is 63.2 Å². The number of amides is 1. The molecule has 2 rings (SSSR count). The van der Waals surface area contributed by atoms with Gasteiger partial charge in [-0.1, -0.05) is 45.0 Å². The highest BCUT2D eigenvalue weighted by Crippen LogP contribution is 2.23. The van der Waals surface area contributed by atoms with E-state index in [1.165, 1.54) is 12.1 Å². The lowest BCUT2D eigenvalue weighted by Gasteiger charge is -2.20. The fourth-order valence-electron chi connectivity index (χ4n) is 2.52. The van der Waals surface area contributed by atoms with Crippen molar-refractivity contribution in [1.82, 2.24) is 10.0 Å². The first-order valence-electron chi connectivity index (χ1n) is 8.79. The summed E-state index contributed by atoms with van der Waals surface area (Å²) in [5.41, 5.74) is 1.79. The highest BCUT2D eigenvalue weighted by atomic mass is 127. The molecule has 1 atom stereocenters. The standard InChI is InChI=1S/C20H25IN2O4S/c1-20(2,3)15-7-9-17(10-8-15)28(26,27)23-18(13-24)19(25)22-12-14-5-4-6-16(21)11-14/h4-11,18,23-24H,12-13H2,1-3H3,(H,22,25). The van der Waals surface area contributed by atoms with Crippen molar-refractivity contribution < 1.29 is 18.3 Å². The third-order valence-corrected chi connectivity index (χ3v) is 6.34. The zero-order valence-corrected chi connectivity index (χ0v) is 19.0. The van der Waals surface area contributed by atoms with Crippen molar-refractivity contribution in [1.29, 1.82) is 0 Å². The average molecular weight is 516 g/mol. The predicted octanol–water partition coefficient (Wildman–Crippen LogP) is 2.54. The van der Waals surface area contributed by atoms with E-state index < -0.39 is 28.6 Å². The van der Waals surface area contributed by atoms with E-state index in [1.54, 1.807) is 12.1 Å². The van der Waals surface area contributed by atoms with Crippen LogP contribution in [0.4, 0.5) is 0 Å². The van der Waals surface area contributed by atoms with Crippen molar-refractivity contribution in [2.75, 3.05) is 6.61 Å². The van der Waals surface area contributed by atoms with E-state index in [1.807, 2.05) is 45.0 Å². The topological polar surface area (TPSA) is 95.5 Å². The minimum absolute atomic E-state index is 0.0457. The van der Waals surface area contributed by atoms with Gasteiger partial charge in [-0.05, 0) is 63.4 Å². The normalized spacial score (nSPS) is 13.2. The van der Waals surface area contributed by atoms with Crippen LogP contribution in [0.1, 0.15) is 31.9 Å². The molecule has 0 aliphatic heterocycles. The molecule has 8 heteroatoms. The Hall–Kier alpha value is -1.49. The Kier molecular flexibility index (Phi) is 7.60. The Morgan fingerprint density at radius 3 is 2.32 bits per heavy atom. The minimum Gasteiger partial charge on any atom is -0.394 e. The monoisotopic (exact) mass is 516 g/mol. The molecule has 0 saturated heterocycles. The molecule has 1 amide bonds. The van der Waals surface area contributed by atoms with E-state index in [9.17, 15) is 18.3 Å². The third-order valence-electron chi connectivity index (χ3n) is 4.18. The van der Waals surface area contributed by atoms with E-state index in [0.29, 0.717) is 0 Å².